The van der Waals surface area contributed by atoms with E-state index in [0.717, 1.165) is 34.6 Å². The highest BCUT2D eigenvalue weighted by molar-refractivity contribution is 5.85. The van der Waals surface area contributed by atoms with Crippen molar-refractivity contribution in [3.05, 3.63) is 22.8 Å². The number of halogens is 1. The smallest absolute Gasteiger partial charge is 0.125 e. The van der Waals surface area contributed by atoms with Crippen molar-refractivity contribution in [2.24, 2.45) is 5.73 Å². The third-order valence-corrected chi connectivity index (χ3v) is 2.71. The molecule has 92 valence electrons. The van der Waals surface area contributed by atoms with Gasteiger partial charge in [0.25, 0.3) is 0 Å². The second-order valence-corrected chi connectivity index (χ2v) is 3.56. The monoisotopic (exact) mass is 245 g/mol. The van der Waals surface area contributed by atoms with E-state index in [-0.39, 0.29) is 12.4 Å². The molecule has 16 heavy (non-hydrogen) atoms. The molecule has 3 nitrogen and oxygen atoms in total. The number of benzene rings is 1. The highest BCUT2D eigenvalue weighted by Gasteiger charge is 2.12. The first-order chi connectivity index (χ1) is 7.15. The summed E-state index contributed by atoms with van der Waals surface area (Å²) in [4.78, 5) is 0. The highest BCUT2D eigenvalue weighted by atomic mass is 35.5. The van der Waals surface area contributed by atoms with Gasteiger partial charge >= 0.3 is 0 Å². The molecule has 1 rings (SSSR count). The number of nitrogens with two attached hydrogens (primary N) is 1. The molecule has 0 aliphatic heterocycles. The van der Waals surface area contributed by atoms with Gasteiger partial charge in [-0.25, -0.2) is 0 Å². The lowest BCUT2D eigenvalue weighted by Crippen LogP contribution is -2.06. The topological polar surface area (TPSA) is 44.5 Å². The van der Waals surface area contributed by atoms with Gasteiger partial charge in [0.05, 0.1) is 14.2 Å². The molecule has 2 N–H and O–H groups in total. The van der Waals surface area contributed by atoms with Crippen molar-refractivity contribution in [3.63, 3.8) is 0 Å². The molecule has 0 aromatic heterocycles. The summed E-state index contributed by atoms with van der Waals surface area (Å²) in [7, 11) is 3.37. The minimum absolute atomic E-state index is 0. The lowest BCUT2D eigenvalue weighted by atomic mass is 10.0. The van der Waals surface area contributed by atoms with Crippen LogP contribution < -0.4 is 15.2 Å². The van der Waals surface area contributed by atoms with Gasteiger partial charge in [-0.05, 0) is 49.6 Å². The van der Waals surface area contributed by atoms with Gasteiger partial charge in [0, 0.05) is 0 Å². The Labute approximate surface area is 103 Å². The molecule has 0 radical (unpaired) electrons. The summed E-state index contributed by atoms with van der Waals surface area (Å²) in [5.74, 6) is 1.83. The van der Waals surface area contributed by atoms with Crippen LogP contribution in [0, 0.1) is 13.8 Å². The second kappa shape index (κ2) is 6.61. The lowest BCUT2D eigenvalue weighted by molar-refractivity contribution is 0.393. The second-order valence-electron chi connectivity index (χ2n) is 3.56. The molecule has 0 saturated heterocycles. The number of rotatable bonds is 4. The molecule has 0 bridgehead atoms. The number of ether oxygens (including phenoxy) is 2. The Balaban J connectivity index is 0.00000225. The fourth-order valence-corrected chi connectivity index (χ4v) is 1.77. The lowest BCUT2D eigenvalue weighted by Gasteiger charge is -2.16. The Bertz CT molecular complexity index is 353. The van der Waals surface area contributed by atoms with E-state index >= 15 is 0 Å². The maximum Gasteiger partial charge on any atom is 0.125 e. The highest BCUT2D eigenvalue weighted by Crippen LogP contribution is 2.33. The summed E-state index contributed by atoms with van der Waals surface area (Å²) in [5.41, 5.74) is 8.92. The van der Waals surface area contributed by atoms with Crippen molar-refractivity contribution < 1.29 is 9.47 Å². The SMILES string of the molecule is COc1cc(CCN)c(OC)c(C)c1C.Cl. The summed E-state index contributed by atoms with van der Waals surface area (Å²) in [6.45, 7) is 4.68. The summed E-state index contributed by atoms with van der Waals surface area (Å²) in [5, 5.41) is 0. The largest absolute Gasteiger partial charge is 0.496 e. The minimum atomic E-state index is 0. The van der Waals surface area contributed by atoms with Crippen molar-refractivity contribution in [1.82, 2.24) is 0 Å². The van der Waals surface area contributed by atoms with Crippen LogP contribution in [0.15, 0.2) is 6.07 Å². The van der Waals surface area contributed by atoms with E-state index in [1.165, 1.54) is 0 Å². The normalized spacial score (nSPS) is 9.56. The van der Waals surface area contributed by atoms with Crippen LogP contribution in [-0.2, 0) is 6.42 Å². The zero-order chi connectivity index (χ0) is 11.4. The van der Waals surface area contributed by atoms with Crippen LogP contribution in [0.25, 0.3) is 0 Å². The van der Waals surface area contributed by atoms with Gasteiger partial charge in [0.2, 0.25) is 0 Å². The van der Waals surface area contributed by atoms with E-state index in [1.54, 1.807) is 14.2 Å². The number of hydrogen-bond acceptors (Lipinski definition) is 3. The Morgan fingerprint density at radius 3 is 2.19 bits per heavy atom. The molecule has 1 aromatic carbocycles. The molecular weight excluding hydrogens is 226 g/mol. The molecule has 0 spiro atoms. The minimum Gasteiger partial charge on any atom is -0.496 e. The van der Waals surface area contributed by atoms with Crippen LogP contribution in [0.5, 0.6) is 11.5 Å². The summed E-state index contributed by atoms with van der Waals surface area (Å²) < 4.78 is 10.7. The van der Waals surface area contributed by atoms with Crippen LogP contribution in [0.4, 0.5) is 0 Å². The summed E-state index contributed by atoms with van der Waals surface area (Å²) in [6, 6.07) is 2.01. The van der Waals surface area contributed by atoms with Crippen LogP contribution in [0.1, 0.15) is 16.7 Å². The quantitative estimate of drug-likeness (QED) is 0.885. The summed E-state index contributed by atoms with van der Waals surface area (Å²) in [6.07, 6.45) is 0.806. The fraction of sp³-hybridized carbons (Fsp3) is 0.500. The van der Waals surface area contributed by atoms with E-state index < -0.39 is 0 Å². The standard InChI is InChI=1S/C12H19NO2.ClH/c1-8-9(2)12(15-4)10(5-6-13)7-11(8)14-3;/h7H,5-6,13H2,1-4H3;1H. The van der Waals surface area contributed by atoms with Gasteiger partial charge < -0.3 is 15.2 Å². The van der Waals surface area contributed by atoms with Crippen LogP contribution in [0.3, 0.4) is 0 Å². The molecule has 0 unspecified atom stereocenters. The summed E-state index contributed by atoms with van der Waals surface area (Å²) >= 11 is 0. The van der Waals surface area contributed by atoms with Crippen LogP contribution in [0.2, 0.25) is 0 Å². The molecule has 0 aliphatic rings. The number of methoxy groups -OCH3 is 2. The molecular formula is C12H20ClNO2. The van der Waals surface area contributed by atoms with E-state index in [4.69, 9.17) is 15.2 Å². The van der Waals surface area contributed by atoms with Crippen LogP contribution in [-0.4, -0.2) is 20.8 Å². The van der Waals surface area contributed by atoms with Crippen molar-refractivity contribution in [2.75, 3.05) is 20.8 Å². The van der Waals surface area contributed by atoms with Crippen molar-refractivity contribution in [2.45, 2.75) is 20.3 Å². The van der Waals surface area contributed by atoms with Gasteiger partial charge in [-0.1, -0.05) is 0 Å². The molecule has 0 saturated carbocycles. The molecule has 0 heterocycles. The molecule has 4 heteroatoms. The van der Waals surface area contributed by atoms with Crippen molar-refractivity contribution >= 4 is 12.4 Å². The third-order valence-electron chi connectivity index (χ3n) is 2.71. The molecule has 0 aliphatic carbocycles. The number of hydrogen-bond donors (Lipinski definition) is 1. The fourth-order valence-electron chi connectivity index (χ4n) is 1.77. The zero-order valence-corrected chi connectivity index (χ0v) is 11.1. The van der Waals surface area contributed by atoms with Crippen molar-refractivity contribution in [1.29, 1.82) is 0 Å². The van der Waals surface area contributed by atoms with E-state index in [0.29, 0.717) is 6.54 Å². The van der Waals surface area contributed by atoms with Gasteiger partial charge in [-0.2, -0.15) is 0 Å². The van der Waals surface area contributed by atoms with Gasteiger partial charge in [0.1, 0.15) is 11.5 Å². The molecule has 0 amide bonds. The van der Waals surface area contributed by atoms with Crippen molar-refractivity contribution in [3.8, 4) is 11.5 Å². The van der Waals surface area contributed by atoms with E-state index in [2.05, 4.69) is 0 Å². The first kappa shape index (κ1) is 15.1. The van der Waals surface area contributed by atoms with E-state index in [9.17, 15) is 0 Å². The van der Waals surface area contributed by atoms with Gasteiger partial charge in [-0.3, -0.25) is 0 Å². The average molecular weight is 246 g/mol. The molecule has 0 atom stereocenters. The predicted molar refractivity (Wildman–Crippen MR) is 69.0 cm³/mol. The van der Waals surface area contributed by atoms with Crippen LogP contribution >= 0.6 is 12.4 Å². The molecule has 0 fully saturated rings. The zero-order valence-electron chi connectivity index (χ0n) is 10.3. The first-order valence-corrected chi connectivity index (χ1v) is 5.06. The Hall–Kier alpha value is -0.930. The van der Waals surface area contributed by atoms with Gasteiger partial charge in [-0.15, -0.1) is 12.4 Å². The Morgan fingerprint density at radius 2 is 1.75 bits per heavy atom. The average Bonchev–Trinajstić information content (AvgIpc) is 2.24. The Morgan fingerprint density at radius 1 is 1.12 bits per heavy atom. The molecule has 1 aromatic rings. The first-order valence-electron chi connectivity index (χ1n) is 5.06. The predicted octanol–water partition coefficient (Wildman–Crippen LogP) is 2.24. The maximum atomic E-state index is 5.57. The van der Waals surface area contributed by atoms with Gasteiger partial charge in [0.15, 0.2) is 0 Å². The maximum absolute atomic E-state index is 5.57. The third kappa shape index (κ3) is 2.80. The van der Waals surface area contributed by atoms with E-state index in [1.807, 2.05) is 19.9 Å². The Kier molecular flexibility index (Phi) is 6.22.